The Morgan fingerprint density at radius 2 is 1.66 bits per heavy atom. The minimum Gasteiger partial charge on any atom is -0.339 e. The molecule has 2 amide bonds. The van der Waals surface area contributed by atoms with Crippen LogP contribution in [-0.2, 0) is 11.3 Å². The third-order valence-electron chi connectivity index (χ3n) is 6.34. The molecule has 2 aliphatic heterocycles. The summed E-state index contributed by atoms with van der Waals surface area (Å²) in [4.78, 5) is 29.8. The molecular weight excluding hydrogens is 367 g/mol. The first-order chi connectivity index (χ1) is 13.9. The molecule has 2 aromatic rings. The number of rotatable bonds is 3. The van der Waals surface area contributed by atoms with Gasteiger partial charge in [-0.1, -0.05) is 29.3 Å². The van der Waals surface area contributed by atoms with Gasteiger partial charge in [-0.25, -0.2) is 4.39 Å². The zero-order chi connectivity index (χ0) is 20.6. The summed E-state index contributed by atoms with van der Waals surface area (Å²) in [6.07, 6.45) is 2.21. The number of halogens is 1. The molecule has 2 saturated heterocycles. The van der Waals surface area contributed by atoms with Crippen molar-refractivity contribution in [3.8, 4) is 0 Å². The van der Waals surface area contributed by atoms with Crippen molar-refractivity contribution in [2.24, 2.45) is 5.41 Å². The number of benzene rings is 2. The Balaban J connectivity index is 1.41. The Bertz CT molecular complexity index is 927. The third-order valence-corrected chi connectivity index (χ3v) is 6.34. The molecule has 1 spiro atoms. The number of amides is 2. The maximum atomic E-state index is 13.5. The molecule has 0 N–H and O–H groups in total. The molecule has 2 heterocycles. The largest absolute Gasteiger partial charge is 0.339 e. The lowest BCUT2D eigenvalue weighted by atomic mass is 9.77. The maximum Gasteiger partial charge on any atom is 0.253 e. The minimum atomic E-state index is -0.368. The molecule has 4 nitrogen and oxygen atoms in total. The minimum absolute atomic E-state index is 0.0497. The van der Waals surface area contributed by atoms with Crippen LogP contribution in [0, 0.1) is 25.1 Å². The SMILES string of the molecule is Cc1cc(C)cc(C(=O)N2CCC3(CC2)CCN(Cc2cccc(F)c2)C3=O)c1. The highest BCUT2D eigenvalue weighted by atomic mass is 19.1. The van der Waals surface area contributed by atoms with E-state index in [1.165, 1.54) is 12.1 Å². The summed E-state index contributed by atoms with van der Waals surface area (Å²) in [6, 6.07) is 12.4. The Hall–Kier alpha value is -2.69. The van der Waals surface area contributed by atoms with Gasteiger partial charge in [0.2, 0.25) is 5.91 Å². The second-order valence-electron chi connectivity index (χ2n) is 8.56. The number of hydrogen-bond acceptors (Lipinski definition) is 2. The van der Waals surface area contributed by atoms with Crippen molar-refractivity contribution in [2.75, 3.05) is 19.6 Å². The van der Waals surface area contributed by atoms with Gasteiger partial charge >= 0.3 is 0 Å². The van der Waals surface area contributed by atoms with E-state index in [9.17, 15) is 14.0 Å². The van der Waals surface area contributed by atoms with Crippen molar-refractivity contribution in [2.45, 2.75) is 39.7 Å². The van der Waals surface area contributed by atoms with Gasteiger partial charge in [-0.2, -0.15) is 0 Å². The number of carbonyl (C=O) groups excluding carboxylic acids is 2. The lowest BCUT2D eigenvalue weighted by Gasteiger charge is -2.38. The predicted octanol–water partition coefficient (Wildman–Crippen LogP) is 4.10. The molecule has 0 unspecified atom stereocenters. The lowest BCUT2D eigenvalue weighted by molar-refractivity contribution is -0.138. The van der Waals surface area contributed by atoms with E-state index in [0.29, 0.717) is 39.0 Å². The molecule has 0 radical (unpaired) electrons. The first-order valence-electron chi connectivity index (χ1n) is 10.3. The molecular formula is C24H27FN2O2. The Morgan fingerprint density at radius 1 is 1.00 bits per heavy atom. The molecule has 152 valence electrons. The molecule has 5 heteroatoms. The van der Waals surface area contributed by atoms with Crippen LogP contribution < -0.4 is 0 Å². The molecule has 2 aromatic carbocycles. The number of aryl methyl sites for hydroxylation is 2. The van der Waals surface area contributed by atoms with Crippen LogP contribution >= 0.6 is 0 Å². The molecule has 0 atom stereocenters. The van der Waals surface area contributed by atoms with E-state index in [-0.39, 0.29) is 23.0 Å². The lowest BCUT2D eigenvalue weighted by Crippen LogP contribution is -2.46. The van der Waals surface area contributed by atoms with Crippen molar-refractivity contribution >= 4 is 11.8 Å². The van der Waals surface area contributed by atoms with E-state index in [2.05, 4.69) is 6.07 Å². The number of carbonyl (C=O) groups is 2. The number of likely N-dealkylation sites (tertiary alicyclic amines) is 2. The van der Waals surface area contributed by atoms with E-state index in [1.54, 1.807) is 6.07 Å². The van der Waals surface area contributed by atoms with Gasteiger partial charge in [0, 0.05) is 31.7 Å². The Kier molecular flexibility index (Phi) is 5.15. The second kappa shape index (κ2) is 7.62. The molecule has 0 aliphatic carbocycles. The Morgan fingerprint density at radius 3 is 2.31 bits per heavy atom. The van der Waals surface area contributed by atoms with Crippen molar-refractivity contribution in [1.29, 1.82) is 0 Å². The topological polar surface area (TPSA) is 40.6 Å². The summed E-state index contributed by atoms with van der Waals surface area (Å²) in [7, 11) is 0. The van der Waals surface area contributed by atoms with Crippen LogP contribution in [0.2, 0.25) is 0 Å². The van der Waals surface area contributed by atoms with Crippen LogP contribution in [0.4, 0.5) is 4.39 Å². The highest BCUT2D eigenvalue weighted by Gasteiger charge is 2.48. The van der Waals surface area contributed by atoms with Crippen molar-refractivity contribution in [3.63, 3.8) is 0 Å². The summed E-state index contributed by atoms with van der Waals surface area (Å²) in [5.41, 5.74) is 3.34. The van der Waals surface area contributed by atoms with E-state index in [0.717, 1.165) is 28.7 Å². The molecule has 0 aromatic heterocycles. The van der Waals surface area contributed by atoms with Gasteiger partial charge in [0.15, 0.2) is 0 Å². The molecule has 29 heavy (non-hydrogen) atoms. The van der Waals surface area contributed by atoms with Crippen LogP contribution in [0.15, 0.2) is 42.5 Å². The van der Waals surface area contributed by atoms with Crippen molar-refractivity contribution < 1.29 is 14.0 Å². The molecule has 2 aliphatic rings. The third kappa shape index (κ3) is 3.91. The Labute approximate surface area is 171 Å². The smallest absolute Gasteiger partial charge is 0.253 e. The first-order valence-corrected chi connectivity index (χ1v) is 10.3. The highest BCUT2D eigenvalue weighted by molar-refractivity contribution is 5.95. The fourth-order valence-corrected chi connectivity index (χ4v) is 4.78. The second-order valence-corrected chi connectivity index (χ2v) is 8.56. The fourth-order valence-electron chi connectivity index (χ4n) is 4.78. The molecule has 0 bridgehead atoms. The quantitative estimate of drug-likeness (QED) is 0.787. The summed E-state index contributed by atoms with van der Waals surface area (Å²) in [6.45, 7) is 6.35. The highest BCUT2D eigenvalue weighted by Crippen LogP contribution is 2.42. The van der Waals surface area contributed by atoms with E-state index < -0.39 is 0 Å². The molecule has 4 rings (SSSR count). The summed E-state index contributed by atoms with van der Waals surface area (Å²) in [5, 5.41) is 0. The standard InChI is InChI=1S/C24H27FN2O2/c1-17-12-18(2)14-20(13-17)22(28)26-9-6-24(7-10-26)8-11-27(23(24)29)16-19-4-3-5-21(25)15-19/h3-5,12-15H,6-11,16H2,1-2H3. The van der Waals surface area contributed by atoms with E-state index >= 15 is 0 Å². The predicted molar refractivity (Wildman–Crippen MR) is 110 cm³/mol. The molecule has 2 fully saturated rings. The number of hydrogen-bond donors (Lipinski definition) is 0. The summed E-state index contributed by atoms with van der Waals surface area (Å²) < 4.78 is 13.5. The van der Waals surface area contributed by atoms with Gasteiger partial charge in [-0.15, -0.1) is 0 Å². The van der Waals surface area contributed by atoms with E-state index in [1.807, 2.05) is 41.8 Å². The normalized spacial score (nSPS) is 18.5. The monoisotopic (exact) mass is 394 g/mol. The van der Waals surface area contributed by atoms with Crippen LogP contribution in [0.25, 0.3) is 0 Å². The van der Waals surface area contributed by atoms with Crippen molar-refractivity contribution in [1.82, 2.24) is 9.80 Å². The van der Waals surface area contributed by atoms with Gasteiger partial charge in [-0.3, -0.25) is 9.59 Å². The van der Waals surface area contributed by atoms with Crippen LogP contribution in [0.1, 0.15) is 46.3 Å². The first kappa shape index (κ1) is 19.6. The van der Waals surface area contributed by atoms with Crippen molar-refractivity contribution in [3.05, 3.63) is 70.5 Å². The fraction of sp³-hybridized carbons (Fsp3) is 0.417. The average Bonchev–Trinajstić information content (AvgIpc) is 2.97. The molecule has 0 saturated carbocycles. The zero-order valence-corrected chi connectivity index (χ0v) is 17.1. The van der Waals surface area contributed by atoms with Crippen LogP contribution in [-0.4, -0.2) is 41.2 Å². The van der Waals surface area contributed by atoms with Crippen LogP contribution in [0.5, 0.6) is 0 Å². The zero-order valence-electron chi connectivity index (χ0n) is 17.1. The summed E-state index contributed by atoms with van der Waals surface area (Å²) in [5.74, 6) is -0.0731. The maximum absolute atomic E-state index is 13.5. The summed E-state index contributed by atoms with van der Waals surface area (Å²) >= 11 is 0. The number of nitrogens with zero attached hydrogens (tertiary/aromatic N) is 2. The van der Waals surface area contributed by atoms with E-state index in [4.69, 9.17) is 0 Å². The van der Waals surface area contributed by atoms with Gasteiger partial charge in [0.25, 0.3) is 5.91 Å². The van der Waals surface area contributed by atoms with Gasteiger partial charge in [-0.05, 0) is 62.9 Å². The number of piperidine rings is 1. The van der Waals surface area contributed by atoms with Gasteiger partial charge in [0.1, 0.15) is 5.82 Å². The van der Waals surface area contributed by atoms with Gasteiger partial charge < -0.3 is 9.80 Å². The van der Waals surface area contributed by atoms with Crippen LogP contribution in [0.3, 0.4) is 0 Å². The van der Waals surface area contributed by atoms with Gasteiger partial charge in [0.05, 0.1) is 5.41 Å². The average molecular weight is 394 g/mol.